The predicted octanol–water partition coefficient (Wildman–Crippen LogP) is 1.57. The lowest BCUT2D eigenvalue weighted by Crippen LogP contribution is -2.36. The molecule has 0 fully saturated rings. The van der Waals surface area contributed by atoms with Crippen molar-refractivity contribution >= 4 is 6.03 Å². The van der Waals surface area contributed by atoms with Gasteiger partial charge in [-0.3, -0.25) is 0 Å². The molecule has 0 unspecified atom stereocenters. The summed E-state index contributed by atoms with van der Waals surface area (Å²) in [5, 5.41) is 9.34. The van der Waals surface area contributed by atoms with Crippen LogP contribution in [0.15, 0.2) is 28.8 Å². The highest BCUT2D eigenvalue weighted by Crippen LogP contribution is 2.02. The lowest BCUT2D eigenvalue weighted by atomic mass is 10.1. The molecule has 1 heterocycles. The molecule has 0 saturated carbocycles. The van der Waals surface area contributed by atoms with Crippen LogP contribution in [0.25, 0.3) is 0 Å². The van der Waals surface area contributed by atoms with E-state index in [-0.39, 0.29) is 12.6 Å². The number of carbonyl (C=O) groups excluding carboxylic acids is 1. The molecular formula is C15H20N4O3. The number of nitrogens with zero attached hydrogens (tertiary/aromatic N) is 2. The number of urea groups is 1. The zero-order valence-corrected chi connectivity index (χ0v) is 12.8. The van der Waals surface area contributed by atoms with Gasteiger partial charge in [0.2, 0.25) is 0 Å². The minimum Gasteiger partial charge on any atom is -0.375 e. The van der Waals surface area contributed by atoms with Gasteiger partial charge < -0.3 is 19.9 Å². The molecule has 2 N–H and O–H groups in total. The third-order valence-electron chi connectivity index (χ3n) is 2.99. The van der Waals surface area contributed by atoms with Crippen molar-refractivity contribution in [1.29, 1.82) is 0 Å². The van der Waals surface area contributed by atoms with Crippen LogP contribution in [0.3, 0.4) is 0 Å². The molecule has 0 radical (unpaired) electrons. The molecule has 2 rings (SSSR count). The standard InChI is InChI=1S/C15H20N4O3/c1-11-3-5-12(6-4-11)9-17-15(20)16-8-7-13-18-14(10-21-2)22-19-13/h3-6H,7-10H2,1-2H3,(H2,16,17,20). The minimum atomic E-state index is -0.221. The number of amides is 2. The zero-order valence-electron chi connectivity index (χ0n) is 12.8. The second-order valence-electron chi connectivity index (χ2n) is 4.88. The summed E-state index contributed by atoms with van der Waals surface area (Å²) in [7, 11) is 1.56. The van der Waals surface area contributed by atoms with Gasteiger partial charge in [0.05, 0.1) is 0 Å². The number of aromatic nitrogens is 2. The van der Waals surface area contributed by atoms with Crippen molar-refractivity contribution in [3.05, 3.63) is 47.1 Å². The number of benzene rings is 1. The van der Waals surface area contributed by atoms with Crippen molar-refractivity contribution in [3.8, 4) is 0 Å². The Kier molecular flexibility index (Phi) is 5.91. The highest BCUT2D eigenvalue weighted by molar-refractivity contribution is 5.73. The van der Waals surface area contributed by atoms with E-state index in [1.54, 1.807) is 7.11 Å². The first-order valence-corrected chi connectivity index (χ1v) is 7.05. The average Bonchev–Trinajstić information content (AvgIpc) is 2.95. The van der Waals surface area contributed by atoms with Gasteiger partial charge in [0.1, 0.15) is 6.61 Å². The molecule has 0 aliphatic rings. The zero-order chi connectivity index (χ0) is 15.8. The van der Waals surface area contributed by atoms with Crippen LogP contribution in [0.2, 0.25) is 0 Å². The summed E-state index contributed by atoms with van der Waals surface area (Å²) < 4.78 is 9.85. The summed E-state index contributed by atoms with van der Waals surface area (Å²) >= 11 is 0. The van der Waals surface area contributed by atoms with Crippen LogP contribution in [0, 0.1) is 6.92 Å². The highest BCUT2D eigenvalue weighted by atomic mass is 16.5. The first kappa shape index (κ1) is 16.0. The Morgan fingerprint density at radius 2 is 2.05 bits per heavy atom. The smallest absolute Gasteiger partial charge is 0.315 e. The van der Waals surface area contributed by atoms with E-state index in [9.17, 15) is 4.79 Å². The molecule has 2 aromatic rings. The van der Waals surface area contributed by atoms with Gasteiger partial charge in [0, 0.05) is 26.6 Å². The molecule has 7 heteroatoms. The van der Waals surface area contributed by atoms with Crippen molar-refractivity contribution < 1.29 is 14.1 Å². The summed E-state index contributed by atoms with van der Waals surface area (Å²) in [6, 6.07) is 7.80. The average molecular weight is 304 g/mol. The van der Waals surface area contributed by atoms with Gasteiger partial charge in [-0.15, -0.1) is 0 Å². The van der Waals surface area contributed by atoms with Crippen LogP contribution in [0.5, 0.6) is 0 Å². The normalized spacial score (nSPS) is 10.5. The van der Waals surface area contributed by atoms with Crippen LogP contribution in [-0.4, -0.2) is 29.8 Å². The SMILES string of the molecule is COCc1nc(CCNC(=O)NCc2ccc(C)cc2)no1. The minimum absolute atomic E-state index is 0.221. The van der Waals surface area contributed by atoms with Crippen molar-refractivity contribution in [2.75, 3.05) is 13.7 Å². The molecule has 0 bridgehead atoms. The van der Waals surface area contributed by atoms with Crippen LogP contribution in [0.1, 0.15) is 22.8 Å². The van der Waals surface area contributed by atoms with Crippen LogP contribution >= 0.6 is 0 Å². The molecule has 0 aliphatic heterocycles. The number of methoxy groups -OCH3 is 1. The lowest BCUT2D eigenvalue weighted by molar-refractivity contribution is 0.151. The van der Waals surface area contributed by atoms with Crippen LogP contribution < -0.4 is 10.6 Å². The quantitative estimate of drug-likeness (QED) is 0.810. The van der Waals surface area contributed by atoms with Crippen LogP contribution in [0.4, 0.5) is 4.79 Å². The van der Waals surface area contributed by atoms with Crippen molar-refractivity contribution in [1.82, 2.24) is 20.8 Å². The molecule has 118 valence electrons. The van der Waals surface area contributed by atoms with Gasteiger partial charge in [0.15, 0.2) is 5.82 Å². The summed E-state index contributed by atoms with van der Waals surface area (Å²) in [5.74, 6) is 0.979. The number of hydrogen-bond acceptors (Lipinski definition) is 5. The maximum absolute atomic E-state index is 11.7. The molecule has 0 saturated heterocycles. The van der Waals surface area contributed by atoms with Crippen molar-refractivity contribution in [3.63, 3.8) is 0 Å². The lowest BCUT2D eigenvalue weighted by Gasteiger charge is -2.07. The van der Waals surface area contributed by atoms with Gasteiger partial charge >= 0.3 is 6.03 Å². The first-order chi connectivity index (χ1) is 10.7. The van der Waals surface area contributed by atoms with Gasteiger partial charge in [-0.1, -0.05) is 35.0 Å². The van der Waals surface area contributed by atoms with E-state index in [4.69, 9.17) is 9.26 Å². The molecule has 0 spiro atoms. The Bertz CT molecular complexity index is 595. The highest BCUT2D eigenvalue weighted by Gasteiger charge is 2.06. The summed E-state index contributed by atoms with van der Waals surface area (Å²) in [4.78, 5) is 15.8. The fourth-order valence-electron chi connectivity index (χ4n) is 1.81. The number of carbonyl (C=O) groups is 1. The molecule has 22 heavy (non-hydrogen) atoms. The van der Waals surface area contributed by atoms with Crippen molar-refractivity contribution in [2.45, 2.75) is 26.5 Å². The maximum atomic E-state index is 11.7. The number of aryl methyl sites for hydroxylation is 1. The second-order valence-corrected chi connectivity index (χ2v) is 4.88. The molecule has 0 atom stereocenters. The number of rotatable bonds is 7. The topological polar surface area (TPSA) is 89.3 Å². The molecule has 2 amide bonds. The molecule has 1 aromatic heterocycles. The number of hydrogen-bond donors (Lipinski definition) is 2. The number of nitrogens with one attached hydrogen (secondary N) is 2. The van der Waals surface area contributed by atoms with E-state index in [1.807, 2.05) is 31.2 Å². The molecule has 7 nitrogen and oxygen atoms in total. The van der Waals surface area contributed by atoms with E-state index in [1.165, 1.54) is 5.56 Å². The monoisotopic (exact) mass is 304 g/mol. The Hall–Kier alpha value is -2.41. The fourth-order valence-corrected chi connectivity index (χ4v) is 1.81. The Labute approximate surface area is 129 Å². The number of ether oxygens (including phenoxy) is 1. The van der Waals surface area contributed by atoms with Gasteiger partial charge in [-0.2, -0.15) is 4.98 Å². The van der Waals surface area contributed by atoms with Gasteiger partial charge in [-0.05, 0) is 12.5 Å². The van der Waals surface area contributed by atoms with Gasteiger partial charge in [-0.25, -0.2) is 4.79 Å². The maximum Gasteiger partial charge on any atom is 0.315 e. The second kappa shape index (κ2) is 8.14. The largest absolute Gasteiger partial charge is 0.375 e. The third kappa shape index (κ3) is 5.17. The van der Waals surface area contributed by atoms with E-state index in [2.05, 4.69) is 20.8 Å². The Morgan fingerprint density at radius 3 is 2.77 bits per heavy atom. The molecule has 0 aliphatic carbocycles. The summed E-state index contributed by atoms with van der Waals surface area (Å²) in [6.45, 7) is 3.25. The van der Waals surface area contributed by atoms with Crippen molar-refractivity contribution in [2.24, 2.45) is 0 Å². The third-order valence-corrected chi connectivity index (χ3v) is 2.99. The fraction of sp³-hybridized carbons (Fsp3) is 0.400. The first-order valence-electron chi connectivity index (χ1n) is 7.05. The summed E-state index contributed by atoms with van der Waals surface area (Å²) in [5.41, 5.74) is 2.25. The van der Waals surface area contributed by atoms with Gasteiger partial charge in [0.25, 0.3) is 5.89 Å². The van der Waals surface area contributed by atoms with E-state index < -0.39 is 0 Å². The Morgan fingerprint density at radius 1 is 1.27 bits per heavy atom. The Balaban J connectivity index is 1.65. The molecule has 1 aromatic carbocycles. The van der Waals surface area contributed by atoms with Crippen LogP contribution in [-0.2, 0) is 24.3 Å². The predicted molar refractivity (Wildman–Crippen MR) is 80.1 cm³/mol. The van der Waals surface area contributed by atoms with E-state index in [0.29, 0.717) is 31.2 Å². The molecular weight excluding hydrogens is 284 g/mol. The van der Waals surface area contributed by atoms with E-state index >= 15 is 0 Å². The van der Waals surface area contributed by atoms with E-state index in [0.717, 1.165) is 5.56 Å². The summed E-state index contributed by atoms with van der Waals surface area (Å²) in [6.07, 6.45) is 0.505.